The molecule has 1 amide bonds. The van der Waals surface area contributed by atoms with Crippen molar-refractivity contribution in [1.82, 2.24) is 15.1 Å². The third-order valence-corrected chi connectivity index (χ3v) is 5.40. The average molecular weight is 416 g/mol. The topological polar surface area (TPSA) is 49.3 Å². The number of carbonyl (C=O) groups excluding carboxylic acids is 1. The van der Waals surface area contributed by atoms with Crippen LogP contribution in [-0.2, 0) is 11.2 Å². The van der Waals surface area contributed by atoms with E-state index >= 15 is 0 Å². The van der Waals surface area contributed by atoms with Gasteiger partial charge in [-0.25, -0.2) is 0 Å². The molecule has 1 aromatic carbocycles. The normalized spacial score (nSPS) is 18.1. The monoisotopic (exact) mass is 416 g/mol. The largest absolute Gasteiger partial charge is 0.395 e. The van der Waals surface area contributed by atoms with Gasteiger partial charge >= 0.3 is 6.18 Å². The fourth-order valence-electron chi connectivity index (χ4n) is 3.48. The van der Waals surface area contributed by atoms with Crippen molar-refractivity contribution in [2.45, 2.75) is 38.4 Å². The van der Waals surface area contributed by atoms with Crippen molar-refractivity contribution >= 4 is 11.7 Å². The Morgan fingerprint density at radius 1 is 1.20 bits per heavy atom. The van der Waals surface area contributed by atoms with Crippen LogP contribution in [-0.4, -0.2) is 52.9 Å². The summed E-state index contributed by atoms with van der Waals surface area (Å²) in [6, 6.07) is 9.67. The summed E-state index contributed by atoms with van der Waals surface area (Å²) in [6.07, 6.45) is 1.18. The quantitative estimate of drug-likeness (QED) is 0.717. The second-order valence-electron chi connectivity index (χ2n) is 7.48. The van der Waals surface area contributed by atoms with E-state index in [4.69, 9.17) is 6.42 Å². The summed E-state index contributed by atoms with van der Waals surface area (Å²) in [5.74, 6) is 1.56. The van der Waals surface area contributed by atoms with E-state index in [1.54, 1.807) is 23.1 Å². The average Bonchev–Trinajstić information content (AvgIpc) is 2.73. The minimum Gasteiger partial charge on any atom is -0.349 e. The number of carbonyl (C=O) groups is 1. The van der Waals surface area contributed by atoms with Gasteiger partial charge in [-0.2, -0.15) is 13.2 Å². The van der Waals surface area contributed by atoms with Gasteiger partial charge in [0.2, 0.25) is 5.91 Å². The highest BCUT2D eigenvalue weighted by atomic mass is 19.4. The minimum absolute atomic E-state index is 0.0451. The Hall–Kier alpha value is -3.08. The molecule has 0 N–H and O–H groups in total. The van der Waals surface area contributed by atoms with Crippen molar-refractivity contribution < 1.29 is 18.0 Å². The van der Waals surface area contributed by atoms with Crippen LogP contribution in [0.3, 0.4) is 0 Å². The Morgan fingerprint density at radius 3 is 2.43 bits per heavy atom. The van der Waals surface area contributed by atoms with Crippen LogP contribution in [0, 0.1) is 12.3 Å². The van der Waals surface area contributed by atoms with Crippen molar-refractivity contribution in [3.05, 3.63) is 53.2 Å². The highest BCUT2D eigenvalue weighted by Crippen LogP contribution is 2.34. The predicted molar refractivity (Wildman–Crippen MR) is 108 cm³/mol. The molecule has 158 valence electrons. The molecule has 0 aliphatic carbocycles. The van der Waals surface area contributed by atoms with Gasteiger partial charge in [0.1, 0.15) is 5.69 Å². The summed E-state index contributed by atoms with van der Waals surface area (Å²) in [5, 5.41) is 8.12. The van der Waals surface area contributed by atoms with E-state index in [0.29, 0.717) is 36.7 Å². The van der Waals surface area contributed by atoms with Crippen LogP contribution < -0.4 is 4.90 Å². The zero-order chi connectivity index (χ0) is 21.9. The summed E-state index contributed by atoms with van der Waals surface area (Å²) in [6.45, 7) is 4.81. The van der Waals surface area contributed by atoms with Crippen LogP contribution in [0.4, 0.5) is 19.0 Å². The van der Waals surface area contributed by atoms with Crippen LogP contribution in [0.15, 0.2) is 36.4 Å². The molecule has 1 unspecified atom stereocenters. The van der Waals surface area contributed by atoms with Gasteiger partial charge in [0.05, 0.1) is 12.3 Å². The Balaban J connectivity index is 1.59. The molecule has 2 atom stereocenters. The van der Waals surface area contributed by atoms with Crippen LogP contribution in [0.25, 0.3) is 0 Å². The molecule has 0 saturated carbocycles. The molecule has 2 aromatic rings. The highest BCUT2D eigenvalue weighted by Gasteiger charge is 2.37. The summed E-state index contributed by atoms with van der Waals surface area (Å²) in [4.78, 5) is 16.5. The third kappa shape index (κ3) is 4.90. The van der Waals surface area contributed by atoms with E-state index in [-0.39, 0.29) is 23.9 Å². The van der Waals surface area contributed by atoms with E-state index < -0.39 is 12.1 Å². The zero-order valence-electron chi connectivity index (χ0n) is 16.9. The zero-order valence-corrected chi connectivity index (χ0v) is 16.9. The first-order valence-corrected chi connectivity index (χ1v) is 9.69. The molecule has 1 fully saturated rings. The van der Waals surface area contributed by atoms with Crippen LogP contribution in [0.1, 0.15) is 36.6 Å². The summed E-state index contributed by atoms with van der Waals surface area (Å²) in [5.41, 5.74) is 1.36. The van der Waals surface area contributed by atoms with Crippen molar-refractivity contribution in [1.29, 1.82) is 0 Å². The third-order valence-electron chi connectivity index (χ3n) is 5.40. The van der Waals surface area contributed by atoms with Crippen molar-refractivity contribution in [3.8, 4) is 12.3 Å². The molecule has 0 bridgehead atoms. The molecular formula is C22H23F3N4O. The van der Waals surface area contributed by atoms with Crippen LogP contribution in [0.5, 0.6) is 0 Å². The standard InChI is InChI=1S/C22H23F3N4O/c1-4-19-9-10-20(27-26-19)29-12-11-28(14-15(29)2)21(30)13-17-5-7-18(8-6-17)16(3)22(23,24)25/h1,5-10,15-16H,11-14H2,2-3H3/t15-,16?/m0/s1. The number of piperazine rings is 1. The van der Waals surface area contributed by atoms with Crippen LogP contribution >= 0.6 is 0 Å². The number of anilines is 1. The number of halogens is 3. The Morgan fingerprint density at radius 2 is 1.90 bits per heavy atom. The number of aromatic nitrogens is 2. The van der Waals surface area contributed by atoms with Crippen molar-refractivity contribution in [3.63, 3.8) is 0 Å². The molecule has 0 radical (unpaired) electrons. The van der Waals surface area contributed by atoms with Gasteiger partial charge in [0.15, 0.2) is 5.82 Å². The number of amides is 1. The number of benzene rings is 1. The number of hydrogen-bond donors (Lipinski definition) is 0. The number of hydrogen-bond acceptors (Lipinski definition) is 4. The van der Waals surface area contributed by atoms with Gasteiger partial charge in [-0.15, -0.1) is 16.6 Å². The fourth-order valence-corrected chi connectivity index (χ4v) is 3.48. The van der Waals surface area contributed by atoms with Crippen molar-refractivity contribution in [2.75, 3.05) is 24.5 Å². The van der Waals surface area contributed by atoms with Crippen molar-refractivity contribution in [2.24, 2.45) is 0 Å². The van der Waals surface area contributed by atoms with Crippen LogP contribution in [0.2, 0.25) is 0 Å². The lowest BCUT2D eigenvalue weighted by atomic mass is 9.98. The molecule has 3 rings (SSSR count). The molecule has 30 heavy (non-hydrogen) atoms. The first-order valence-electron chi connectivity index (χ1n) is 9.69. The van der Waals surface area contributed by atoms with E-state index in [1.165, 1.54) is 12.1 Å². The second kappa shape index (κ2) is 8.74. The molecule has 1 aromatic heterocycles. The number of rotatable bonds is 4. The van der Waals surface area contributed by atoms with Gasteiger partial charge in [-0.1, -0.05) is 24.3 Å². The first kappa shape index (κ1) is 21.6. The molecule has 2 heterocycles. The second-order valence-corrected chi connectivity index (χ2v) is 7.48. The van der Waals surface area contributed by atoms with E-state index in [0.717, 1.165) is 6.92 Å². The predicted octanol–water partition coefficient (Wildman–Crippen LogP) is 3.40. The maximum atomic E-state index is 12.8. The summed E-state index contributed by atoms with van der Waals surface area (Å²) < 4.78 is 38.5. The number of alkyl halides is 3. The fraction of sp³-hybridized carbons (Fsp3) is 0.409. The lowest BCUT2D eigenvalue weighted by Crippen LogP contribution is -2.54. The number of terminal acetylenes is 1. The Kier molecular flexibility index (Phi) is 6.30. The molecule has 1 aliphatic heterocycles. The minimum atomic E-state index is -4.28. The maximum absolute atomic E-state index is 12.8. The van der Waals surface area contributed by atoms with Gasteiger partial charge in [-0.3, -0.25) is 4.79 Å². The first-order chi connectivity index (χ1) is 14.2. The lowest BCUT2D eigenvalue weighted by molar-refractivity contribution is -0.146. The highest BCUT2D eigenvalue weighted by molar-refractivity contribution is 5.79. The van der Waals surface area contributed by atoms with E-state index in [2.05, 4.69) is 21.0 Å². The van der Waals surface area contributed by atoms with E-state index in [1.807, 2.05) is 13.0 Å². The molecular weight excluding hydrogens is 393 g/mol. The molecule has 1 aliphatic rings. The molecule has 5 nitrogen and oxygen atoms in total. The maximum Gasteiger partial charge on any atom is 0.395 e. The summed E-state index contributed by atoms with van der Waals surface area (Å²) in [7, 11) is 0. The SMILES string of the molecule is C#Cc1ccc(N2CCN(C(=O)Cc3ccc(C(C)C(F)(F)F)cc3)C[C@@H]2C)nn1. The molecule has 0 spiro atoms. The summed E-state index contributed by atoms with van der Waals surface area (Å²) >= 11 is 0. The lowest BCUT2D eigenvalue weighted by Gasteiger charge is -2.40. The Bertz CT molecular complexity index is 919. The van der Waals surface area contributed by atoms with Gasteiger partial charge in [0.25, 0.3) is 0 Å². The molecule has 8 heteroatoms. The number of nitrogens with zero attached hydrogens (tertiary/aromatic N) is 4. The Labute approximate surface area is 173 Å². The van der Waals surface area contributed by atoms with Gasteiger partial charge in [-0.05, 0) is 43.0 Å². The smallest absolute Gasteiger partial charge is 0.349 e. The van der Waals surface area contributed by atoms with Gasteiger partial charge < -0.3 is 9.80 Å². The van der Waals surface area contributed by atoms with E-state index in [9.17, 15) is 18.0 Å². The molecule has 1 saturated heterocycles. The van der Waals surface area contributed by atoms with Gasteiger partial charge in [0, 0.05) is 25.7 Å².